The molecule has 4 nitrogen and oxygen atoms in total. The van der Waals surface area contributed by atoms with Crippen LogP contribution in [0.3, 0.4) is 0 Å². The fraction of sp³-hybridized carbons (Fsp3) is 0.571. The molecule has 1 N–H and O–H groups in total. The zero-order chi connectivity index (χ0) is 14.8. The first-order valence-corrected chi connectivity index (χ1v) is 6.33. The summed E-state index contributed by atoms with van der Waals surface area (Å²) in [6.07, 6.45) is 0. The van der Waals surface area contributed by atoms with Gasteiger partial charge in [0.2, 0.25) is 0 Å². The van der Waals surface area contributed by atoms with E-state index in [-0.39, 0.29) is 11.1 Å². The Kier molecular flexibility index (Phi) is 4.50. The lowest BCUT2D eigenvalue weighted by Gasteiger charge is -2.29. The van der Waals surface area contributed by atoms with Gasteiger partial charge in [-0.2, -0.15) is 0 Å². The number of anilines is 1. The van der Waals surface area contributed by atoms with E-state index in [0.29, 0.717) is 23.7 Å². The van der Waals surface area contributed by atoms with Crippen molar-refractivity contribution in [3.63, 3.8) is 0 Å². The summed E-state index contributed by atoms with van der Waals surface area (Å²) >= 11 is 0. The number of benzene rings is 1. The van der Waals surface area contributed by atoms with Gasteiger partial charge in [-0.3, -0.25) is 10.1 Å². The van der Waals surface area contributed by atoms with Crippen molar-refractivity contribution in [2.45, 2.75) is 34.6 Å². The average Bonchev–Trinajstić information content (AvgIpc) is 2.29. The highest BCUT2D eigenvalue weighted by molar-refractivity contribution is 5.63. The lowest BCUT2D eigenvalue weighted by atomic mass is 9.81. The molecule has 0 radical (unpaired) electrons. The second-order valence-corrected chi connectivity index (χ2v) is 5.87. The van der Waals surface area contributed by atoms with Crippen molar-refractivity contribution in [2.75, 3.05) is 11.9 Å². The summed E-state index contributed by atoms with van der Waals surface area (Å²) in [7, 11) is 0. The third-order valence-corrected chi connectivity index (χ3v) is 3.77. The van der Waals surface area contributed by atoms with Gasteiger partial charge in [0.15, 0.2) is 0 Å². The lowest BCUT2D eigenvalue weighted by molar-refractivity contribution is -0.384. The van der Waals surface area contributed by atoms with Crippen LogP contribution in [0.25, 0.3) is 0 Å². The van der Waals surface area contributed by atoms with Crippen molar-refractivity contribution < 1.29 is 9.31 Å². The molecule has 0 amide bonds. The molecule has 19 heavy (non-hydrogen) atoms. The van der Waals surface area contributed by atoms with Gasteiger partial charge in [-0.25, -0.2) is 4.39 Å². The van der Waals surface area contributed by atoms with Gasteiger partial charge in [0.05, 0.1) is 11.0 Å². The van der Waals surface area contributed by atoms with Crippen LogP contribution < -0.4 is 5.32 Å². The van der Waals surface area contributed by atoms with Crippen molar-refractivity contribution in [1.29, 1.82) is 0 Å². The zero-order valence-corrected chi connectivity index (χ0v) is 12.1. The van der Waals surface area contributed by atoms with E-state index in [1.165, 1.54) is 6.07 Å². The lowest BCUT2D eigenvalue weighted by Crippen LogP contribution is -2.28. The number of rotatable bonds is 5. The first kappa shape index (κ1) is 15.4. The molecule has 0 atom stereocenters. The summed E-state index contributed by atoms with van der Waals surface area (Å²) in [6, 6.07) is 2.46. The molecule has 0 heterocycles. The first-order valence-electron chi connectivity index (χ1n) is 6.33. The Morgan fingerprint density at radius 3 is 2.47 bits per heavy atom. The molecule has 0 aromatic heterocycles. The van der Waals surface area contributed by atoms with E-state index in [9.17, 15) is 14.5 Å². The zero-order valence-electron chi connectivity index (χ0n) is 12.1. The molecule has 0 aliphatic heterocycles. The number of nitro groups is 1. The Morgan fingerprint density at radius 1 is 1.42 bits per heavy atom. The summed E-state index contributed by atoms with van der Waals surface area (Å²) in [6.45, 7) is 10.6. The molecule has 5 heteroatoms. The van der Waals surface area contributed by atoms with E-state index in [1.54, 1.807) is 6.92 Å². The summed E-state index contributed by atoms with van der Waals surface area (Å²) in [5.41, 5.74) is 0.548. The molecule has 1 aromatic carbocycles. The van der Waals surface area contributed by atoms with Crippen LogP contribution in [0.4, 0.5) is 15.8 Å². The Bertz CT molecular complexity index is 485. The summed E-state index contributed by atoms with van der Waals surface area (Å²) in [5.74, 6) is -0.124. The summed E-state index contributed by atoms with van der Waals surface area (Å²) in [4.78, 5) is 10.4. The highest BCUT2D eigenvalue weighted by Gasteiger charge is 2.24. The minimum atomic E-state index is -0.562. The van der Waals surface area contributed by atoms with Gasteiger partial charge in [-0.05, 0) is 29.9 Å². The maximum atomic E-state index is 13.4. The van der Waals surface area contributed by atoms with Crippen LogP contribution in [0.1, 0.15) is 33.3 Å². The van der Waals surface area contributed by atoms with E-state index < -0.39 is 10.7 Å². The maximum Gasteiger partial charge on any atom is 0.295 e. The molecule has 0 saturated carbocycles. The number of hydrogen-bond acceptors (Lipinski definition) is 3. The molecule has 1 rings (SSSR count). The van der Waals surface area contributed by atoms with Crippen molar-refractivity contribution in [2.24, 2.45) is 11.3 Å². The molecule has 1 aromatic rings. The molecule has 0 aliphatic rings. The molecule has 0 aliphatic carbocycles. The normalized spacial score (nSPS) is 11.7. The topological polar surface area (TPSA) is 55.2 Å². The van der Waals surface area contributed by atoms with Crippen LogP contribution in [0.2, 0.25) is 0 Å². The van der Waals surface area contributed by atoms with Gasteiger partial charge in [0.25, 0.3) is 5.69 Å². The fourth-order valence-corrected chi connectivity index (χ4v) is 1.49. The van der Waals surface area contributed by atoms with E-state index in [0.717, 1.165) is 6.07 Å². The van der Waals surface area contributed by atoms with E-state index >= 15 is 0 Å². The number of nitro benzene ring substituents is 1. The number of hydrogen-bond donors (Lipinski definition) is 1. The highest BCUT2D eigenvalue weighted by atomic mass is 19.1. The third-order valence-electron chi connectivity index (χ3n) is 3.77. The second-order valence-electron chi connectivity index (χ2n) is 5.87. The Balaban J connectivity index is 3.01. The maximum absolute atomic E-state index is 13.4. The van der Waals surface area contributed by atoms with Crippen LogP contribution in [0.5, 0.6) is 0 Å². The molecule has 106 valence electrons. The minimum Gasteiger partial charge on any atom is -0.379 e. The van der Waals surface area contributed by atoms with Crippen LogP contribution in [-0.4, -0.2) is 11.5 Å². The third kappa shape index (κ3) is 3.66. The van der Waals surface area contributed by atoms with E-state index in [1.807, 2.05) is 0 Å². The summed E-state index contributed by atoms with van der Waals surface area (Å²) in [5, 5.41) is 14.0. The molecule has 0 saturated heterocycles. The Morgan fingerprint density at radius 2 is 2.00 bits per heavy atom. The SMILES string of the molecule is Cc1cc(NCC(C)(C)C(C)C)c([N+](=O)[O-])cc1F. The largest absolute Gasteiger partial charge is 0.379 e. The average molecular weight is 268 g/mol. The van der Waals surface area contributed by atoms with Gasteiger partial charge < -0.3 is 5.32 Å². The first-order chi connectivity index (χ1) is 8.65. The smallest absolute Gasteiger partial charge is 0.295 e. The fourth-order valence-electron chi connectivity index (χ4n) is 1.49. The Hall–Kier alpha value is -1.65. The van der Waals surface area contributed by atoms with Gasteiger partial charge >= 0.3 is 0 Å². The van der Waals surface area contributed by atoms with Crippen LogP contribution >= 0.6 is 0 Å². The van der Waals surface area contributed by atoms with Crippen molar-refractivity contribution >= 4 is 11.4 Å². The number of nitrogens with zero attached hydrogens (tertiary/aromatic N) is 1. The monoisotopic (exact) mass is 268 g/mol. The predicted molar refractivity (Wildman–Crippen MR) is 74.9 cm³/mol. The van der Waals surface area contributed by atoms with E-state index in [4.69, 9.17) is 0 Å². The van der Waals surface area contributed by atoms with Crippen LogP contribution in [0.15, 0.2) is 12.1 Å². The minimum absolute atomic E-state index is 0.00381. The predicted octanol–water partition coefficient (Wildman–Crippen LogP) is 4.14. The molecule has 0 spiro atoms. The second kappa shape index (κ2) is 5.55. The van der Waals surface area contributed by atoms with Crippen molar-refractivity contribution in [1.82, 2.24) is 0 Å². The molecule has 0 bridgehead atoms. The molecular formula is C14H21FN2O2. The molecule has 0 fully saturated rings. The van der Waals surface area contributed by atoms with Crippen LogP contribution in [0, 0.1) is 34.2 Å². The number of halogens is 1. The van der Waals surface area contributed by atoms with Crippen molar-refractivity contribution in [3.8, 4) is 0 Å². The van der Waals surface area contributed by atoms with Gasteiger partial charge in [0.1, 0.15) is 11.5 Å². The standard InChI is InChI=1S/C14H21FN2O2/c1-9(2)14(4,5)8-16-12-6-10(3)11(15)7-13(12)17(18)19/h6-7,9,16H,8H2,1-5H3. The Labute approximate surface area is 113 Å². The number of nitrogens with one attached hydrogen (secondary N) is 1. The van der Waals surface area contributed by atoms with E-state index in [2.05, 4.69) is 33.0 Å². The van der Waals surface area contributed by atoms with Gasteiger partial charge in [-0.15, -0.1) is 0 Å². The van der Waals surface area contributed by atoms with Gasteiger partial charge in [0, 0.05) is 6.54 Å². The molecule has 0 unspecified atom stereocenters. The number of aryl methyl sites for hydroxylation is 1. The van der Waals surface area contributed by atoms with Crippen molar-refractivity contribution in [3.05, 3.63) is 33.6 Å². The molecular weight excluding hydrogens is 247 g/mol. The quantitative estimate of drug-likeness (QED) is 0.645. The van der Waals surface area contributed by atoms with Crippen LogP contribution in [-0.2, 0) is 0 Å². The highest BCUT2D eigenvalue weighted by Crippen LogP contribution is 2.31. The summed E-state index contributed by atoms with van der Waals surface area (Å²) < 4.78 is 13.4. The van der Waals surface area contributed by atoms with Gasteiger partial charge in [-0.1, -0.05) is 27.7 Å².